The lowest BCUT2D eigenvalue weighted by molar-refractivity contribution is 0.0943. The molecule has 2 aromatic heterocycles. The summed E-state index contributed by atoms with van der Waals surface area (Å²) in [5, 5.41) is 5.17. The maximum atomic E-state index is 12.5. The molecule has 1 N–H and O–H groups in total. The molecule has 0 aliphatic carbocycles. The van der Waals surface area contributed by atoms with Crippen LogP contribution in [0, 0.1) is 0 Å². The summed E-state index contributed by atoms with van der Waals surface area (Å²) in [4.78, 5) is 17.7. The highest BCUT2D eigenvalue weighted by molar-refractivity contribution is 7.10. The third-order valence-corrected chi connectivity index (χ3v) is 4.82. The fourth-order valence-electron chi connectivity index (χ4n) is 2.65. The standard InChI is InChI=1S/C20H20N2OS/c1-2-5-15-8-10-16(11-9-15)19(18-7-4-13-24-18)22-20(23)17-6-3-12-21-14-17/h3-4,6-14,19H,2,5H2,1H3,(H,22,23)/t19-/m1/s1. The van der Waals surface area contributed by atoms with Crippen molar-refractivity contribution < 1.29 is 4.79 Å². The molecule has 122 valence electrons. The number of nitrogens with zero attached hydrogens (tertiary/aromatic N) is 1. The monoisotopic (exact) mass is 336 g/mol. The van der Waals surface area contributed by atoms with Crippen LogP contribution in [0.4, 0.5) is 0 Å². The minimum absolute atomic E-state index is 0.112. The number of benzene rings is 1. The number of nitrogens with one attached hydrogen (secondary N) is 1. The molecule has 3 aromatic rings. The van der Waals surface area contributed by atoms with E-state index in [0.29, 0.717) is 5.56 Å². The maximum absolute atomic E-state index is 12.5. The van der Waals surface area contributed by atoms with E-state index in [9.17, 15) is 4.79 Å². The van der Waals surface area contributed by atoms with Crippen LogP contribution < -0.4 is 5.32 Å². The Kier molecular flexibility index (Phi) is 5.39. The van der Waals surface area contributed by atoms with E-state index in [1.54, 1.807) is 35.9 Å². The molecule has 3 rings (SSSR count). The first-order valence-electron chi connectivity index (χ1n) is 8.11. The minimum Gasteiger partial charge on any atom is -0.340 e. The topological polar surface area (TPSA) is 42.0 Å². The summed E-state index contributed by atoms with van der Waals surface area (Å²) in [5.74, 6) is -0.112. The molecule has 0 saturated heterocycles. The molecule has 1 amide bonds. The average Bonchev–Trinajstić information content (AvgIpc) is 3.16. The van der Waals surface area contributed by atoms with Gasteiger partial charge in [-0.25, -0.2) is 0 Å². The second kappa shape index (κ2) is 7.88. The van der Waals surface area contributed by atoms with Crippen LogP contribution in [0.5, 0.6) is 0 Å². The van der Waals surface area contributed by atoms with Crippen LogP contribution in [0.3, 0.4) is 0 Å². The molecule has 3 nitrogen and oxygen atoms in total. The Balaban J connectivity index is 1.86. The molecule has 0 unspecified atom stereocenters. The van der Waals surface area contributed by atoms with Crippen molar-refractivity contribution >= 4 is 17.2 Å². The summed E-state index contributed by atoms with van der Waals surface area (Å²) in [6, 6.07) is 16.0. The van der Waals surface area contributed by atoms with Gasteiger partial charge < -0.3 is 5.32 Å². The van der Waals surface area contributed by atoms with E-state index in [1.165, 1.54) is 5.56 Å². The van der Waals surface area contributed by atoms with E-state index in [4.69, 9.17) is 0 Å². The Labute approximate surface area is 146 Å². The molecular formula is C20H20N2OS. The third kappa shape index (κ3) is 3.89. The summed E-state index contributed by atoms with van der Waals surface area (Å²) in [6.07, 6.45) is 5.46. The number of amides is 1. The molecule has 24 heavy (non-hydrogen) atoms. The Morgan fingerprint density at radius 3 is 2.62 bits per heavy atom. The second-order valence-corrected chi connectivity index (χ2v) is 6.63. The van der Waals surface area contributed by atoms with Gasteiger partial charge in [-0.1, -0.05) is 43.7 Å². The van der Waals surface area contributed by atoms with E-state index in [1.807, 2.05) is 11.4 Å². The number of hydrogen-bond donors (Lipinski definition) is 1. The van der Waals surface area contributed by atoms with Crippen LogP contribution in [-0.4, -0.2) is 10.9 Å². The zero-order valence-corrected chi connectivity index (χ0v) is 14.4. The Hall–Kier alpha value is -2.46. The van der Waals surface area contributed by atoms with E-state index in [-0.39, 0.29) is 11.9 Å². The fraction of sp³-hybridized carbons (Fsp3) is 0.200. The minimum atomic E-state index is -0.145. The first-order valence-corrected chi connectivity index (χ1v) is 8.99. The summed E-state index contributed by atoms with van der Waals surface area (Å²) in [7, 11) is 0. The van der Waals surface area contributed by atoms with Crippen LogP contribution in [0.2, 0.25) is 0 Å². The highest BCUT2D eigenvalue weighted by Gasteiger charge is 2.18. The van der Waals surface area contributed by atoms with Crippen molar-refractivity contribution in [2.45, 2.75) is 25.8 Å². The predicted molar refractivity (Wildman–Crippen MR) is 98.3 cm³/mol. The summed E-state index contributed by atoms with van der Waals surface area (Å²) >= 11 is 1.65. The number of pyridine rings is 1. The van der Waals surface area contributed by atoms with Crippen molar-refractivity contribution in [2.24, 2.45) is 0 Å². The summed E-state index contributed by atoms with van der Waals surface area (Å²) in [5.41, 5.74) is 2.99. The molecular weight excluding hydrogens is 316 g/mol. The molecule has 1 atom stereocenters. The third-order valence-electron chi connectivity index (χ3n) is 3.88. The van der Waals surface area contributed by atoms with Crippen LogP contribution in [0.1, 0.15) is 45.7 Å². The van der Waals surface area contributed by atoms with Crippen molar-refractivity contribution in [1.82, 2.24) is 10.3 Å². The molecule has 0 aliphatic heterocycles. The lowest BCUT2D eigenvalue weighted by atomic mass is 10.0. The van der Waals surface area contributed by atoms with Crippen molar-refractivity contribution in [3.8, 4) is 0 Å². The molecule has 0 radical (unpaired) electrons. The summed E-state index contributed by atoms with van der Waals surface area (Å²) < 4.78 is 0. The molecule has 0 spiro atoms. The number of aryl methyl sites for hydroxylation is 1. The van der Waals surface area contributed by atoms with Crippen LogP contribution in [-0.2, 0) is 6.42 Å². The van der Waals surface area contributed by atoms with E-state index >= 15 is 0 Å². The lowest BCUT2D eigenvalue weighted by Crippen LogP contribution is -2.28. The fourth-order valence-corrected chi connectivity index (χ4v) is 3.45. The van der Waals surface area contributed by atoms with Gasteiger partial charge in [-0.15, -0.1) is 11.3 Å². The Morgan fingerprint density at radius 1 is 1.17 bits per heavy atom. The number of thiophene rings is 1. The number of rotatable bonds is 6. The number of aromatic nitrogens is 1. The van der Waals surface area contributed by atoms with Gasteiger partial charge in [0.1, 0.15) is 0 Å². The first-order chi connectivity index (χ1) is 11.8. The quantitative estimate of drug-likeness (QED) is 0.714. The molecule has 4 heteroatoms. The van der Waals surface area contributed by atoms with Crippen molar-refractivity contribution in [3.05, 3.63) is 87.9 Å². The van der Waals surface area contributed by atoms with Gasteiger partial charge in [-0.05, 0) is 41.1 Å². The normalized spacial score (nSPS) is 11.9. The van der Waals surface area contributed by atoms with E-state index in [2.05, 4.69) is 47.6 Å². The zero-order chi connectivity index (χ0) is 16.8. The lowest BCUT2D eigenvalue weighted by Gasteiger charge is -2.18. The average molecular weight is 336 g/mol. The van der Waals surface area contributed by atoms with Crippen molar-refractivity contribution in [2.75, 3.05) is 0 Å². The van der Waals surface area contributed by atoms with Gasteiger partial charge in [-0.2, -0.15) is 0 Å². The van der Waals surface area contributed by atoms with Gasteiger partial charge in [0.2, 0.25) is 0 Å². The van der Waals surface area contributed by atoms with Gasteiger partial charge >= 0.3 is 0 Å². The van der Waals surface area contributed by atoms with Crippen LogP contribution in [0.15, 0.2) is 66.3 Å². The molecule has 0 aliphatic rings. The summed E-state index contributed by atoms with van der Waals surface area (Å²) in [6.45, 7) is 2.18. The molecule has 0 bridgehead atoms. The van der Waals surface area contributed by atoms with E-state index < -0.39 is 0 Å². The first kappa shape index (κ1) is 16.4. The highest BCUT2D eigenvalue weighted by atomic mass is 32.1. The Morgan fingerprint density at radius 2 is 2.00 bits per heavy atom. The smallest absolute Gasteiger partial charge is 0.253 e. The largest absolute Gasteiger partial charge is 0.340 e. The van der Waals surface area contributed by atoms with Crippen LogP contribution in [0.25, 0.3) is 0 Å². The highest BCUT2D eigenvalue weighted by Crippen LogP contribution is 2.27. The second-order valence-electron chi connectivity index (χ2n) is 5.66. The number of carbonyl (C=O) groups is 1. The van der Waals surface area contributed by atoms with Gasteiger partial charge in [0.15, 0.2) is 0 Å². The van der Waals surface area contributed by atoms with Gasteiger partial charge in [-0.3, -0.25) is 9.78 Å². The van der Waals surface area contributed by atoms with Crippen molar-refractivity contribution in [1.29, 1.82) is 0 Å². The molecule has 0 saturated carbocycles. The molecule has 2 heterocycles. The van der Waals surface area contributed by atoms with Gasteiger partial charge in [0.05, 0.1) is 11.6 Å². The Bertz CT molecular complexity index is 767. The van der Waals surface area contributed by atoms with E-state index in [0.717, 1.165) is 23.3 Å². The predicted octanol–water partition coefficient (Wildman–Crippen LogP) is 4.62. The SMILES string of the molecule is CCCc1ccc([C@@H](NC(=O)c2cccnc2)c2cccs2)cc1. The van der Waals surface area contributed by atoms with Gasteiger partial charge in [0.25, 0.3) is 5.91 Å². The molecule has 0 fully saturated rings. The van der Waals surface area contributed by atoms with Crippen LogP contribution >= 0.6 is 11.3 Å². The molecule has 1 aromatic carbocycles. The maximum Gasteiger partial charge on any atom is 0.253 e. The zero-order valence-electron chi connectivity index (χ0n) is 13.6. The van der Waals surface area contributed by atoms with Gasteiger partial charge in [0, 0.05) is 17.3 Å². The number of hydrogen-bond acceptors (Lipinski definition) is 3. The number of carbonyl (C=O) groups excluding carboxylic acids is 1. The van der Waals surface area contributed by atoms with Crippen molar-refractivity contribution in [3.63, 3.8) is 0 Å².